The van der Waals surface area contributed by atoms with E-state index in [0.717, 1.165) is 28.3 Å². The van der Waals surface area contributed by atoms with Crippen molar-refractivity contribution in [3.8, 4) is 10.6 Å². The van der Waals surface area contributed by atoms with Gasteiger partial charge >= 0.3 is 0 Å². The van der Waals surface area contributed by atoms with Crippen molar-refractivity contribution in [3.05, 3.63) is 63.3 Å². The van der Waals surface area contributed by atoms with Crippen molar-refractivity contribution in [2.75, 3.05) is 6.54 Å². The zero-order chi connectivity index (χ0) is 19.6. The van der Waals surface area contributed by atoms with Gasteiger partial charge in [-0.2, -0.15) is 0 Å². The SMILES string of the molecule is CC(O)c1ccc(C2(CNC(=O)c3csc(-c4ccccc4)n3)CCCC2)s1. The molecule has 1 unspecified atom stereocenters. The molecule has 4 nitrogen and oxygen atoms in total. The average Bonchev–Trinajstić information content (AvgIpc) is 3.47. The van der Waals surface area contributed by atoms with Gasteiger partial charge in [0.1, 0.15) is 10.7 Å². The molecule has 2 aromatic heterocycles. The molecule has 0 radical (unpaired) electrons. The van der Waals surface area contributed by atoms with Crippen LogP contribution in [0.2, 0.25) is 0 Å². The molecule has 2 N–H and O–H groups in total. The van der Waals surface area contributed by atoms with Crippen molar-refractivity contribution >= 4 is 28.6 Å². The van der Waals surface area contributed by atoms with Crippen LogP contribution in [0.3, 0.4) is 0 Å². The number of rotatable bonds is 6. The molecular formula is C22H24N2O2S2. The number of benzene rings is 1. The molecule has 1 aromatic carbocycles. The second-order valence-electron chi connectivity index (χ2n) is 7.45. The van der Waals surface area contributed by atoms with Gasteiger partial charge in [-0.1, -0.05) is 43.2 Å². The van der Waals surface area contributed by atoms with Crippen LogP contribution in [0.15, 0.2) is 47.8 Å². The Hall–Kier alpha value is -2.02. The summed E-state index contributed by atoms with van der Waals surface area (Å²) in [7, 11) is 0. The molecule has 0 spiro atoms. The first-order chi connectivity index (χ1) is 13.6. The molecule has 1 aliphatic carbocycles. The zero-order valence-corrected chi connectivity index (χ0v) is 17.5. The molecule has 0 bridgehead atoms. The second-order valence-corrected chi connectivity index (χ2v) is 9.43. The van der Waals surface area contributed by atoms with E-state index in [1.807, 2.05) is 41.8 Å². The highest BCUT2D eigenvalue weighted by Crippen LogP contribution is 2.44. The molecule has 28 heavy (non-hydrogen) atoms. The van der Waals surface area contributed by atoms with Crippen LogP contribution in [0.5, 0.6) is 0 Å². The molecule has 2 heterocycles. The number of hydrogen-bond acceptors (Lipinski definition) is 5. The Bertz CT molecular complexity index is 940. The number of carbonyl (C=O) groups is 1. The molecule has 4 rings (SSSR count). The summed E-state index contributed by atoms with van der Waals surface area (Å²) >= 11 is 3.16. The van der Waals surface area contributed by atoms with Crippen LogP contribution in [-0.4, -0.2) is 22.5 Å². The lowest BCUT2D eigenvalue weighted by Gasteiger charge is -2.28. The fourth-order valence-corrected chi connectivity index (χ4v) is 5.85. The average molecular weight is 413 g/mol. The fourth-order valence-electron chi connectivity index (χ4n) is 3.86. The summed E-state index contributed by atoms with van der Waals surface area (Å²) in [5.74, 6) is -0.114. The van der Waals surface area contributed by atoms with Crippen LogP contribution in [0.25, 0.3) is 10.6 Å². The third-order valence-corrected chi connectivity index (χ3v) is 7.86. The van der Waals surface area contributed by atoms with Crippen molar-refractivity contribution in [1.29, 1.82) is 0 Å². The smallest absolute Gasteiger partial charge is 0.270 e. The Morgan fingerprint density at radius 1 is 1.21 bits per heavy atom. The third kappa shape index (κ3) is 3.90. The highest BCUT2D eigenvalue weighted by Gasteiger charge is 2.37. The van der Waals surface area contributed by atoms with Gasteiger partial charge in [-0.15, -0.1) is 22.7 Å². The summed E-state index contributed by atoms with van der Waals surface area (Å²) < 4.78 is 0. The molecule has 0 saturated heterocycles. The van der Waals surface area contributed by atoms with Crippen LogP contribution in [-0.2, 0) is 5.41 Å². The Balaban J connectivity index is 1.47. The van der Waals surface area contributed by atoms with Gasteiger partial charge in [-0.05, 0) is 31.9 Å². The summed E-state index contributed by atoms with van der Waals surface area (Å²) in [6, 6.07) is 14.1. The zero-order valence-electron chi connectivity index (χ0n) is 15.9. The van der Waals surface area contributed by atoms with Crippen LogP contribution in [0, 0.1) is 0 Å². The highest BCUT2D eigenvalue weighted by molar-refractivity contribution is 7.13. The van der Waals surface area contributed by atoms with E-state index in [4.69, 9.17) is 0 Å². The number of hydrogen-bond donors (Lipinski definition) is 2. The van der Waals surface area contributed by atoms with E-state index in [-0.39, 0.29) is 11.3 Å². The molecule has 146 valence electrons. The molecule has 1 fully saturated rings. The number of thiophene rings is 1. The second kappa shape index (κ2) is 8.15. The number of amides is 1. The van der Waals surface area contributed by atoms with E-state index in [2.05, 4.69) is 16.4 Å². The summed E-state index contributed by atoms with van der Waals surface area (Å²) in [5, 5.41) is 15.7. The van der Waals surface area contributed by atoms with Crippen molar-refractivity contribution in [1.82, 2.24) is 10.3 Å². The molecule has 1 amide bonds. The topological polar surface area (TPSA) is 62.2 Å². The van der Waals surface area contributed by atoms with Gasteiger partial charge in [-0.25, -0.2) is 4.98 Å². The Labute approximate surface area is 173 Å². The van der Waals surface area contributed by atoms with Crippen LogP contribution in [0.4, 0.5) is 0 Å². The highest BCUT2D eigenvalue weighted by atomic mass is 32.1. The Kier molecular flexibility index (Phi) is 5.62. The molecule has 1 aliphatic rings. The molecule has 0 aliphatic heterocycles. The number of aliphatic hydroxyl groups excluding tert-OH is 1. The Morgan fingerprint density at radius 2 is 1.96 bits per heavy atom. The summed E-state index contributed by atoms with van der Waals surface area (Å²) in [4.78, 5) is 19.5. The third-order valence-electron chi connectivity index (χ3n) is 5.47. The maximum atomic E-state index is 12.7. The van der Waals surface area contributed by atoms with Gasteiger partial charge < -0.3 is 10.4 Å². The molecule has 1 atom stereocenters. The van der Waals surface area contributed by atoms with Gasteiger partial charge in [0.05, 0.1) is 6.10 Å². The maximum Gasteiger partial charge on any atom is 0.270 e. The minimum atomic E-state index is -0.446. The number of aromatic nitrogens is 1. The Morgan fingerprint density at radius 3 is 2.64 bits per heavy atom. The van der Waals surface area contributed by atoms with Crippen LogP contribution in [0.1, 0.15) is 59.0 Å². The number of thiazole rings is 1. The first-order valence-corrected chi connectivity index (χ1v) is 11.3. The van der Waals surface area contributed by atoms with E-state index >= 15 is 0 Å². The number of carbonyl (C=O) groups excluding carboxylic acids is 1. The summed E-state index contributed by atoms with van der Waals surface area (Å²) in [5.41, 5.74) is 1.49. The number of nitrogens with one attached hydrogen (secondary N) is 1. The standard InChI is InChI=1S/C22H24N2O2S2/c1-15(25)18-9-10-19(28-18)22(11-5-6-12-22)14-23-20(26)17-13-27-21(24-17)16-7-3-2-4-8-16/h2-4,7-10,13,15,25H,5-6,11-12,14H2,1H3,(H,23,26). The summed E-state index contributed by atoms with van der Waals surface area (Å²) in [6.45, 7) is 2.41. The van der Waals surface area contributed by atoms with E-state index in [9.17, 15) is 9.90 Å². The summed E-state index contributed by atoms with van der Waals surface area (Å²) in [6.07, 6.45) is 4.04. The van der Waals surface area contributed by atoms with E-state index in [0.29, 0.717) is 12.2 Å². The lowest BCUT2D eigenvalue weighted by molar-refractivity contribution is 0.0939. The minimum absolute atomic E-state index is 0.0221. The molecule has 6 heteroatoms. The molecular weight excluding hydrogens is 388 g/mol. The van der Waals surface area contributed by atoms with Crippen molar-refractivity contribution in [3.63, 3.8) is 0 Å². The van der Waals surface area contributed by atoms with Crippen molar-refractivity contribution < 1.29 is 9.90 Å². The van der Waals surface area contributed by atoms with E-state index in [1.54, 1.807) is 18.3 Å². The lowest BCUT2D eigenvalue weighted by atomic mass is 9.84. The number of nitrogens with zero attached hydrogens (tertiary/aromatic N) is 1. The van der Waals surface area contributed by atoms with E-state index in [1.165, 1.54) is 29.1 Å². The monoisotopic (exact) mass is 412 g/mol. The van der Waals surface area contributed by atoms with Gasteiger partial charge in [0.15, 0.2) is 0 Å². The molecule has 3 aromatic rings. The lowest BCUT2D eigenvalue weighted by Crippen LogP contribution is -2.38. The van der Waals surface area contributed by atoms with Crippen molar-refractivity contribution in [2.45, 2.75) is 44.1 Å². The van der Waals surface area contributed by atoms with Crippen molar-refractivity contribution in [2.24, 2.45) is 0 Å². The fraction of sp³-hybridized carbons (Fsp3) is 0.364. The quantitative estimate of drug-likeness (QED) is 0.587. The minimum Gasteiger partial charge on any atom is -0.388 e. The van der Waals surface area contributed by atoms with Gasteiger partial charge in [0.2, 0.25) is 0 Å². The van der Waals surface area contributed by atoms with Gasteiger partial charge in [0, 0.05) is 32.7 Å². The van der Waals surface area contributed by atoms with Gasteiger partial charge in [0.25, 0.3) is 5.91 Å². The first kappa shape index (κ1) is 19.3. The molecule has 1 saturated carbocycles. The van der Waals surface area contributed by atoms with Crippen LogP contribution < -0.4 is 5.32 Å². The predicted octanol–water partition coefficient (Wildman–Crippen LogP) is 5.17. The predicted molar refractivity (Wildman–Crippen MR) is 115 cm³/mol. The normalized spacial score (nSPS) is 16.8. The van der Waals surface area contributed by atoms with Gasteiger partial charge in [-0.3, -0.25) is 4.79 Å². The first-order valence-electron chi connectivity index (χ1n) is 9.65. The van der Waals surface area contributed by atoms with Crippen LogP contribution >= 0.6 is 22.7 Å². The van der Waals surface area contributed by atoms with E-state index < -0.39 is 6.10 Å². The number of aliphatic hydroxyl groups is 1. The maximum absolute atomic E-state index is 12.7. The largest absolute Gasteiger partial charge is 0.388 e.